The van der Waals surface area contributed by atoms with Crippen molar-refractivity contribution in [3.63, 3.8) is 0 Å². The Bertz CT molecular complexity index is 795. The van der Waals surface area contributed by atoms with Crippen LogP contribution in [0.5, 0.6) is 0 Å². The van der Waals surface area contributed by atoms with Gasteiger partial charge in [-0.3, -0.25) is 20.2 Å². The van der Waals surface area contributed by atoms with Crippen LogP contribution in [0.1, 0.15) is 15.9 Å². The molecule has 8 heteroatoms. The number of hydrogen-bond acceptors (Lipinski definition) is 4. The van der Waals surface area contributed by atoms with E-state index < -0.39 is 4.92 Å². The standard InChI is InChI=1S/C15H12IN3O3S/c1-9-12(7-4-8-13(9)19(21)22)17-15(23)18-14(20)10-5-2-3-6-11(10)16/h2-8H,1H3,(H2,17,18,20,23). The summed E-state index contributed by atoms with van der Waals surface area (Å²) >= 11 is 7.17. The van der Waals surface area contributed by atoms with Crippen molar-refractivity contribution in [3.8, 4) is 0 Å². The van der Waals surface area contributed by atoms with E-state index in [-0.39, 0.29) is 16.7 Å². The molecule has 6 nitrogen and oxygen atoms in total. The number of nitro groups is 1. The van der Waals surface area contributed by atoms with Crippen LogP contribution in [0.3, 0.4) is 0 Å². The molecule has 0 fully saturated rings. The van der Waals surface area contributed by atoms with E-state index in [2.05, 4.69) is 33.2 Å². The van der Waals surface area contributed by atoms with Crippen molar-refractivity contribution in [2.75, 3.05) is 5.32 Å². The molecule has 0 unspecified atom stereocenters. The van der Waals surface area contributed by atoms with Gasteiger partial charge in [0, 0.05) is 9.64 Å². The lowest BCUT2D eigenvalue weighted by Gasteiger charge is -2.12. The first-order valence-corrected chi connectivity index (χ1v) is 7.99. The predicted molar refractivity (Wildman–Crippen MR) is 101 cm³/mol. The molecule has 2 aromatic rings. The lowest BCUT2D eigenvalue weighted by molar-refractivity contribution is -0.385. The smallest absolute Gasteiger partial charge is 0.274 e. The summed E-state index contributed by atoms with van der Waals surface area (Å²) in [7, 11) is 0. The highest BCUT2D eigenvalue weighted by Crippen LogP contribution is 2.24. The topological polar surface area (TPSA) is 84.3 Å². The van der Waals surface area contributed by atoms with Crippen LogP contribution in [0, 0.1) is 20.6 Å². The Labute approximate surface area is 151 Å². The van der Waals surface area contributed by atoms with Crippen LogP contribution < -0.4 is 10.6 Å². The molecule has 2 N–H and O–H groups in total. The predicted octanol–water partition coefficient (Wildman–Crippen LogP) is 3.63. The van der Waals surface area contributed by atoms with Gasteiger partial charge in [-0.15, -0.1) is 0 Å². The number of hydrogen-bond donors (Lipinski definition) is 2. The van der Waals surface area contributed by atoms with E-state index in [0.29, 0.717) is 16.8 Å². The van der Waals surface area contributed by atoms with Gasteiger partial charge in [0.05, 0.1) is 21.7 Å². The summed E-state index contributed by atoms with van der Waals surface area (Å²) in [6.07, 6.45) is 0. The molecular weight excluding hydrogens is 429 g/mol. The minimum atomic E-state index is -0.464. The number of halogens is 1. The van der Waals surface area contributed by atoms with Gasteiger partial charge in [0.25, 0.3) is 11.6 Å². The van der Waals surface area contributed by atoms with Crippen molar-refractivity contribution in [3.05, 3.63) is 67.3 Å². The number of carbonyl (C=O) groups excluding carboxylic acids is 1. The molecule has 1 amide bonds. The molecule has 0 aliphatic rings. The van der Waals surface area contributed by atoms with Crippen LogP contribution >= 0.6 is 34.8 Å². The average Bonchev–Trinajstić information content (AvgIpc) is 2.49. The Balaban J connectivity index is 2.12. The van der Waals surface area contributed by atoms with Crippen LogP contribution in [-0.4, -0.2) is 15.9 Å². The molecule has 2 rings (SSSR count). The second-order valence-corrected chi connectivity index (χ2v) is 6.17. The molecule has 0 bridgehead atoms. The van der Waals surface area contributed by atoms with Crippen molar-refractivity contribution in [1.82, 2.24) is 5.32 Å². The van der Waals surface area contributed by atoms with Gasteiger partial charge in [0.2, 0.25) is 0 Å². The summed E-state index contributed by atoms with van der Waals surface area (Å²) in [4.78, 5) is 22.6. The van der Waals surface area contributed by atoms with Crippen LogP contribution in [0.2, 0.25) is 0 Å². The molecule has 0 radical (unpaired) electrons. The van der Waals surface area contributed by atoms with Gasteiger partial charge in [0.15, 0.2) is 5.11 Å². The third-order valence-corrected chi connectivity index (χ3v) is 4.24. The molecule has 0 saturated heterocycles. The molecule has 0 spiro atoms. The van der Waals surface area contributed by atoms with E-state index in [1.807, 2.05) is 12.1 Å². The summed E-state index contributed by atoms with van der Waals surface area (Å²) in [6.45, 7) is 1.62. The summed E-state index contributed by atoms with van der Waals surface area (Å²) in [5.41, 5.74) is 1.42. The molecule has 0 aromatic heterocycles. The Morgan fingerprint density at radius 3 is 2.57 bits per heavy atom. The van der Waals surface area contributed by atoms with E-state index in [1.165, 1.54) is 6.07 Å². The number of benzene rings is 2. The molecule has 2 aromatic carbocycles. The molecule has 0 heterocycles. The monoisotopic (exact) mass is 441 g/mol. The fourth-order valence-corrected chi connectivity index (χ4v) is 2.76. The van der Waals surface area contributed by atoms with Gasteiger partial charge in [-0.2, -0.15) is 0 Å². The minimum absolute atomic E-state index is 0.0123. The Morgan fingerprint density at radius 2 is 1.91 bits per heavy atom. The number of anilines is 1. The number of thiocarbonyl (C=S) groups is 1. The third-order valence-electron chi connectivity index (χ3n) is 3.10. The summed E-state index contributed by atoms with van der Waals surface area (Å²) in [6, 6.07) is 11.7. The van der Waals surface area contributed by atoms with E-state index in [0.717, 1.165) is 3.57 Å². The van der Waals surface area contributed by atoms with Crippen molar-refractivity contribution in [2.24, 2.45) is 0 Å². The van der Waals surface area contributed by atoms with E-state index in [4.69, 9.17) is 12.2 Å². The quantitative estimate of drug-likeness (QED) is 0.329. The van der Waals surface area contributed by atoms with Gasteiger partial charge in [-0.25, -0.2) is 0 Å². The number of nitrogens with zero attached hydrogens (tertiary/aromatic N) is 1. The van der Waals surface area contributed by atoms with Crippen molar-refractivity contribution in [2.45, 2.75) is 6.92 Å². The zero-order chi connectivity index (χ0) is 17.0. The van der Waals surface area contributed by atoms with E-state index in [1.54, 1.807) is 31.2 Å². The van der Waals surface area contributed by atoms with Crippen LogP contribution in [0.25, 0.3) is 0 Å². The zero-order valence-corrected chi connectivity index (χ0v) is 15.0. The third kappa shape index (κ3) is 4.23. The lowest BCUT2D eigenvalue weighted by atomic mass is 10.1. The van der Waals surface area contributed by atoms with E-state index in [9.17, 15) is 14.9 Å². The number of rotatable bonds is 3. The maximum absolute atomic E-state index is 12.2. The Morgan fingerprint density at radius 1 is 1.22 bits per heavy atom. The second-order valence-electron chi connectivity index (χ2n) is 4.59. The number of nitrogens with one attached hydrogen (secondary N) is 2. The minimum Gasteiger partial charge on any atom is -0.332 e. The average molecular weight is 441 g/mol. The van der Waals surface area contributed by atoms with Gasteiger partial charge in [-0.05, 0) is 59.9 Å². The van der Waals surface area contributed by atoms with E-state index >= 15 is 0 Å². The first-order valence-electron chi connectivity index (χ1n) is 6.51. The van der Waals surface area contributed by atoms with Gasteiger partial charge in [0.1, 0.15) is 0 Å². The SMILES string of the molecule is Cc1c(NC(=S)NC(=O)c2ccccc2I)cccc1[N+](=O)[O-]. The van der Waals surface area contributed by atoms with Crippen LogP contribution in [0.15, 0.2) is 42.5 Å². The number of nitro benzene ring substituents is 1. The number of carbonyl (C=O) groups is 1. The largest absolute Gasteiger partial charge is 0.332 e. The molecule has 0 atom stereocenters. The molecule has 0 aliphatic heterocycles. The van der Waals surface area contributed by atoms with Crippen molar-refractivity contribution >= 4 is 57.2 Å². The maximum Gasteiger partial charge on any atom is 0.274 e. The van der Waals surface area contributed by atoms with Gasteiger partial charge in [-0.1, -0.05) is 18.2 Å². The van der Waals surface area contributed by atoms with Gasteiger partial charge < -0.3 is 5.32 Å². The molecule has 23 heavy (non-hydrogen) atoms. The highest BCUT2D eigenvalue weighted by Gasteiger charge is 2.15. The first kappa shape index (κ1) is 17.3. The van der Waals surface area contributed by atoms with Crippen molar-refractivity contribution < 1.29 is 9.72 Å². The van der Waals surface area contributed by atoms with Gasteiger partial charge >= 0.3 is 0 Å². The van der Waals surface area contributed by atoms with Crippen LogP contribution in [-0.2, 0) is 0 Å². The molecular formula is C15H12IN3O3S. The second kappa shape index (κ2) is 7.47. The lowest BCUT2D eigenvalue weighted by Crippen LogP contribution is -2.34. The number of amides is 1. The highest BCUT2D eigenvalue weighted by atomic mass is 127. The normalized spacial score (nSPS) is 10.0. The van der Waals surface area contributed by atoms with Crippen LogP contribution in [0.4, 0.5) is 11.4 Å². The Kier molecular flexibility index (Phi) is 5.61. The molecule has 118 valence electrons. The first-order chi connectivity index (χ1) is 10.9. The van der Waals surface area contributed by atoms with Crippen molar-refractivity contribution in [1.29, 1.82) is 0 Å². The zero-order valence-electron chi connectivity index (χ0n) is 12.0. The maximum atomic E-state index is 12.2. The summed E-state index contributed by atoms with van der Waals surface area (Å²) in [5.74, 6) is -0.337. The fourth-order valence-electron chi connectivity index (χ4n) is 1.93. The summed E-state index contributed by atoms with van der Waals surface area (Å²) in [5, 5.41) is 16.4. The summed E-state index contributed by atoms with van der Waals surface area (Å²) < 4.78 is 0.803. The molecule has 0 saturated carbocycles. The Hall–Kier alpha value is -2.07. The molecule has 0 aliphatic carbocycles. The highest BCUT2D eigenvalue weighted by molar-refractivity contribution is 14.1. The fraction of sp³-hybridized carbons (Fsp3) is 0.0667.